The first-order chi connectivity index (χ1) is 63.2. The molecule has 135 heavy (non-hydrogen) atoms. The summed E-state index contributed by atoms with van der Waals surface area (Å²) in [4.78, 5) is 126. The smallest absolute Gasteiger partial charge is 0.344 e. The lowest BCUT2D eigenvalue weighted by Crippen LogP contribution is -2.73. The van der Waals surface area contributed by atoms with Crippen LogP contribution in [0.15, 0.2) is 0 Å². The van der Waals surface area contributed by atoms with Gasteiger partial charge in [0.2, 0.25) is 0 Å². The number of hydrogen-bond acceptors (Lipinski definition) is 20. The molecular formula is C115H182O20. The molecule has 0 aromatic carbocycles. The highest BCUT2D eigenvalue weighted by molar-refractivity contribution is 5.83. The van der Waals surface area contributed by atoms with Crippen LogP contribution in [0.4, 0.5) is 0 Å². The molecule has 10 atom stereocenters. The van der Waals surface area contributed by atoms with E-state index in [2.05, 4.69) is 41.5 Å². The molecule has 0 spiro atoms. The summed E-state index contributed by atoms with van der Waals surface area (Å²) in [5.41, 5.74) is -5.21. The fourth-order valence-electron chi connectivity index (χ4n) is 34.3. The molecule has 25 rings (SSSR count). The lowest BCUT2D eigenvalue weighted by molar-refractivity contribution is -0.308. The van der Waals surface area contributed by atoms with Gasteiger partial charge < -0.3 is 47.4 Å². The van der Waals surface area contributed by atoms with Crippen LogP contribution in [-0.2, 0) is 95.3 Å². The number of ether oxygens (including phenoxy) is 10. The highest BCUT2D eigenvalue weighted by Gasteiger charge is 2.75. The Morgan fingerprint density at radius 1 is 0.333 bits per heavy atom. The molecular weight excluding hydrogens is 1700 g/mol. The number of hydrogen-bond donors (Lipinski definition) is 0. The van der Waals surface area contributed by atoms with Crippen LogP contribution in [0.25, 0.3) is 0 Å². The van der Waals surface area contributed by atoms with Gasteiger partial charge in [-0.15, -0.1) is 0 Å². The zero-order valence-corrected chi connectivity index (χ0v) is 88.1. The highest BCUT2D eigenvalue weighted by Crippen LogP contribution is 2.79. The minimum absolute atomic E-state index is 0.0561. The molecule has 0 radical (unpaired) electrons. The number of rotatable bonds is 28. The molecule has 762 valence electrons. The van der Waals surface area contributed by atoms with Gasteiger partial charge in [-0.2, -0.15) is 0 Å². The molecule has 24 bridgehead atoms. The normalized spacial score (nSPS) is 38.7. The van der Waals surface area contributed by atoms with E-state index >= 15 is 0 Å². The topological polar surface area (TPSA) is 263 Å². The van der Waals surface area contributed by atoms with E-state index in [4.69, 9.17) is 47.4 Å². The van der Waals surface area contributed by atoms with E-state index in [1.54, 1.807) is 0 Å². The minimum atomic E-state index is -0.560. The van der Waals surface area contributed by atoms with E-state index in [-0.39, 0.29) is 102 Å². The van der Waals surface area contributed by atoms with E-state index in [9.17, 15) is 47.9 Å². The maximum absolute atomic E-state index is 13.9. The van der Waals surface area contributed by atoms with Crippen LogP contribution >= 0.6 is 0 Å². The second-order valence-electron chi connectivity index (χ2n) is 54.0. The van der Waals surface area contributed by atoms with Gasteiger partial charge in [-0.25, -0.2) is 14.4 Å². The van der Waals surface area contributed by atoms with E-state index < -0.39 is 66.7 Å². The summed E-state index contributed by atoms with van der Waals surface area (Å²) in [6.07, 6.45) is 49.2. The fourth-order valence-corrected chi connectivity index (χ4v) is 34.3. The largest absolute Gasteiger partial charge is 0.460 e. The van der Waals surface area contributed by atoms with Gasteiger partial charge in [0.05, 0.1) is 38.9 Å². The maximum Gasteiger partial charge on any atom is 0.344 e. The van der Waals surface area contributed by atoms with Gasteiger partial charge in [0.25, 0.3) is 0 Å². The molecule has 0 heterocycles. The molecule has 25 aliphatic rings. The second-order valence-corrected chi connectivity index (χ2v) is 54.0. The van der Waals surface area contributed by atoms with Crippen molar-refractivity contribution < 1.29 is 95.3 Å². The summed E-state index contributed by atoms with van der Waals surface area (Å²) >= 11 is 0. The maximum atomic E-state index is 13.9. The predicted octanol–water partition coefficient (Wildman–Crippen LogP) is 24.9. The van der Waals surface area contributed by atoms with Gasteiger partial charge in [0.1, 0.15) is 39.2 Å². The lowest BCUT2D eigenvalue weighted by atomic mass is 9.28. The van der Waals surface area contributed by atoms with Crippen LogP contribution in [0, 0.1) is 168 Å². The van der Waals surface area contributed by atoms with Crippen LogP contribution < -0.4 is 0 Å². The molecule has 0 aromatic rings. The third-order valence-corrected chi connectivity index (χ3v) is 41.7. The SMILES string of the molecule is CCC(C)(C)C(=O)OC12CC3CC(C1)CC(C(=O)OC(C)(C)C)(C3)C2.CCC(C)(C)C(=O)OCC(=O)OC(C)(C)C12CC3CC(CC(C3)C1)C2.CCC(C)(C)C(=O)OCC(=O)OC(C)(C1CCCCC1)C1CCCCC1.CCC(C)C(=O)OC12CC3CC(C1)CC(C(=O)OC1(C)C4CC5CC(C4)CC1C5)(C3)C2.CCC(C)C(=O)OCC(=O)OC(C)(C)C12CC3CC4C5CC(CC41)CC2C5C3. The van der Waals surface area contributed by atoms with Crippen LogP contribution in [-0.4, -0.2) is 119 Å². The molecule has 20 nitrogen and oxygen atoms in total. The van der Waals surface area contributed by atoms with Gasteiger partial charge >= 0.3 is 59.7 Å². The third-order valence-electron chi connectivity index (χ3n) is 41.7. The van der Waals surface area contributed by atoms with Crippen molar-refractivity contribution in [2.45, 2.75) is 474 Å². The molecule has 25 aliphatic carbocycles. The molecule has 0 N–H and O–H groups in total. The van der Waals surface area contributed by atoms with Crippen LogP contribution in [0.2, 0.25) is 0 Å². The third kappa shape index (κ3) is 21.0. The van der Waals surface area contributed by atoms with Gasteiger partial charge in [-0.3, -0.25) is 33.6 Å². The standard InChI is InChI=1S/C27H40O4.C24H36O4.C22H38O4.2C21H34O4/c1-4-16(2)23(28)30-27-13-19-6-20(14-27)12-26(11-19,15-27)24(29)31-25(3)21-7-17-5-18(9-21)10-22(25)8-17;1-5-13(2)22(26)27-12-21(25)28-23(3,4)24-11-15-7-17-16-6-14(9-19(17)24)10-20(24)18(16)8-15;1-5-21(2,3)20(24)25-16-19(23)26-22(4,17-12-8-6-9-13-17)18-14-10-7-11-15-18;1-7-19(5,6)16(22)25-21-11-14-8-15(12-21)10-20(9-14,13-21)17(23)24-18(2,3)4;1-6-19(2,3)18(23)24-13-17(22)25-20(4,5)21-10-14-7-15(11-21)9-16(8-14)12-21/h16-22H,4-15H2,1-3H3;13-20H,5-12H2,1-4H3;17-18H,5-16H2,1-4H3;14-15H,7-13H2,1-6H3;14-16H,6-13H2,1-5H3. The summed E-state index contributed by atoms with van der Waals surface area (Å²) in [6, 6.07) is 0. The van der Waals surface area contributed by atoms with E-state index in [1.165, 1.54) is 161 Å². The summed E-state index contributed by atoms with van der Waals surface area (Å²) < 4.78 is 58.7. The Hall–Kier alpha value is -5.30. The average Bonchev–Trinajstić information content (AvgIpc) is 0.661. The molecule has 0 aromatic heterocycles. The highest BCUT2D eigenvalue weighted by atomic mass is 16.6. The van der Waals surface area contributed by atoms with Gasteiger partial charge in [-0.1, -0.05) is 87.0 Å². The molecule has 25 fully saturated rings. The van der Waals surface area contributed by atoms with Crippen molar-refractivity contribution >= 4 is 59.7 Å². The van der Waals surface area contributed by atoms with Crippen LogP contribution in [0.5, 0.6) is 0 Å². The second kappa shape index (κ2) is 39.1. The Morgan fingerprint density at radius 3 is 1.13 bits per heavy atom. The number of carbonyl (C=O) groups is 10. The van der Waals surface area contributed by atoms with Crippen LogP contribution in [0.3, 0.4) is 0 Å². The Balaban J connectivity index is 0.000000129. The van der Waals surface area contributed by atoms with Gasteiger partial charge in [0, 0.05) is 23.7 Å². The Kier molecular flexibility index (Phi) is 30.1. The zero-order valence-electron chi connectivity index (χ0n) is 88.1. The lowest BCUT2D eigenvalue weighted by Gasteiger charge is -2.77. The predicted molar refractivity (Wildman–Crippen MR) is 516 cm³/mol. The van der Waals surface area contributed by atoms with Crippen molar-refractivity contribution in [3.63, 3.8) is 0 Å². The molecule has 0 saturated heterocycles. The summed E-state index contributed by atoms with van der Waals surface area (Å²) in [6.45, 7) is 42.7. The van der Waals surface area contributed by atoms with Crippen molar-refractivity contribution in [2.24, 2.45) is 168 Å². The number of esters is 10. The van der Waals surface area contributed by atoms with E-state index in [0.29, 0.717) is 73.0 Å². The van der Waals surface area contributed by atoms with Crippen molar-refractivity contribution in [3.05, 3.63) is 0 Å². The van der Waals surface area contributed by atoms with E-state index in [0.717, 1.165) is 167 Å². The first kappa shape index (κ1) is 104. The molecule has 0 amide bonds. The summed E-state index contributed by atoms with van der Waals surface area (Å²) in [5, 5.41) is 0. The quantitative estimate of drug-likeness (QED) is 0.0520. The first-order valence-corrected chi connectivity index (χ1v) is 55.3. The fraction of sp³-hybridized carbons (Fsp3) is 0.913. The van der Waals surface area contributed by atoms with Gasteiger partial charge in [0.15, 0.2) is 19.8 Å². The Morgan fingerprint density at radius 2 is 0.696 bits per heavy atom. The molecule has 25 saturated carbocycles. The van der Waals surface area contributed by atoms with Crippen molar-refractivity contribution in [3.8, 4) is 0 Å². The van der Waals surface area contributed by atoms with E-state index in [1.807, 2.05) is 111 Å². The minimum Gasteiger partial charge on any atom is -0.460 e. The average molecular weight is 1880 g/mol. The molecule has 20 heteroatoms. The summed E-state index contributed by atoms with van der Waals surface area (Å²) in [7, 11) is 0. The Labute approximate surface area is 812 Å². The van der Waals surface area contributed by atoms with Crippen LogP contribution in [0.1, 0.15) is 435 Å². The first-order valence-electron chi connectivity index (χ1n) is 55.3. The van der Waals surface area contributed by atoms with Crippen molar-refractivity contribution in [2.75, 3.05) is 19.8 Å². The summed E-state index contributed by atoms with van der Waals surface area (Å²) in [5.74, 6) is 11.4. The monoisotopic (exact) mass is 1880 g/mol. The Bertz CT molecular complexity index is 4150. The van der Waals surface area contributed by atoms with Crippen molar-refractivity contribution in [1.29, 1.82) is 0 Å². The number of carbonyl (C=O) groups excluding carboxylic acids is 10. The zero-order chi connectivity index (χ0) is 97.8. The molecule has 10 unspecified atom stereocenters. The molecule has 0 aliphatic heterocycles. The van der Waals surface area contributed by atoms with Crippen molar-refractivity contribution in [1.82, 2.24) is 0 Å². The van der Waals surface area contributed by atoms with Gasteiger partial charge in [-0.05, 0) is 453 Å².